The Hall–Kier alpha value is -2.31. The van der Waals surface area contributed by atoms with Gasteiger partial charge in [-0.3, -0.25) is 0 Å². The second-order valence-electron chi connectivity index (χ2n) is 8.36. The Morgan fingerprint density at radius 1 is 0.784 bits per heavy atom. The zero-order valence-electron chi connectivity index (χ0n) is 20.2. The quantitative estimate of drug-likeness (QED) is 0.152. The number of carbonyl (C=O) groups is 1. The number of aliphatic hydroxyl groups excluding tert-OH is 7. The van der Waals surface area contributed by atoms with Gasteiger partial charge in [-0.1, -0.05) is 0 Å². The van der Waals surface area contributed by atoms with Crippen LogP contribution in [0.5, 0.6) is 17.2 Å². The van der Waals surface area contributed by atoms with Gasteiger partial charge in [-0.25, -0.2) is 4.79 Å². The van der Waals surface area contributed by atoms with Crippen molar-refractivity contribution in [1.29, 1.82) is 0 Å². The lowest BCUT2D eigenvalue weighted by molar-refractivity contribution is -0.323. The summed E-state index contributed by atoms with van der Waals surface area (Å²) >= 11 is 0. The predicted molar refractivity (Wildman–Crippen MR) is 118 cm³/mol. The largest absolute Gasteiger partial charge is 0.493 e. The van der Waals surface area contributed by atoms with E-state index < -0.39 is 80.6 Å². The number of rotatable bonds is 9. The maximum absolute atomic E-state index is 11.9. The molecule has 0 spiro atoms. The third kappa shape index (κ3) is 6.06. The molecule has 4 unspecified atom stereocenters. The van der Waals surface area contributed by atoms with Gasteiger partial charge in [0.15, 0.2) is 17.8 Å². The number of hydrogen-bond acceptors (Lipinski definition) is 15. The maximum atomic E-state index is 11.9. The number of esters is 1. The third-order valence-corrected chi connectivity index (χ3v) is 6.06. The molecule has 3 rings (SSSR count). The van der Waals surface area contributed by atoms with E-state index in [2.05, 4.69) is 0 Å². The van der Waals surface area contributed by atoms with Crippen molar-refractivity contribution in [3.63, 3.8) is 0 Å². The standard InChI is InChI=1S/C22H32O15/c1-31-9-4-8(20(30)33-3)5-10(32-2)19(9)37-22-18(29)16(27)14(25)12(36-22)7-34-21-17(28)15(26)13(24)11(6-23)35-21/h4-5,11-18,21-29H,6-7H2,1-3H3/t11?,12?,13-,14-,15+,16+,17?,18?,21-,22+/m1/s1. The molecule has 0 saturated carbocycles. The Balaban J connectivity index is 1.77. The van der Waals surface area contributed by atoms with Crippen molar-refractivity contribution in [2.45, 2.75) is 61.4 Å². The summed E-state index contributed by atoms with van der Waals surface area (Å²) in [6.07, 6.45) is -15.9. The van der Waals surface area contributed by atoms with E-state index in [4.69, 9.17) is 33.2 Å². The van der Waals surface area contributed by atoms with Crippen LogP contribution in [0.1, 0.15) is 10.4 Å². The zero-order valence-corrected chi connectivity index (χ0v) is 20.2. The minimum Gasteiger partial charge on any atom is -0.493 e. The van der Waals surface area contributed by atoms with Crippen molar-refractivity contribution in [1.82, 2.24) is 0 Å². The summed E-state index contributed by atoms with van der Waals surface area (Å²) in [6, 6.07) is 2.59. The minimum absolute atomic E-state index is 0.00489. The Kier molecular flexibility index (Phi) is 9.87. The molecule has 2 aliphatic heterocycles. The molecule has 0 radical (unpaired) electrons. The third-order valence-electron chi connectivity index (χ3n) is 6.06. The van der Waals surface area contributed by atoms with Crippen molar-refractivity contribution >= 4 is 5.97 Å². The van der Waals surface area contributed by atoms with Crippen molar-refractivity contribution < 1.29 is 73.7 Å². The fraction of sp³-hybridized carbons (Fsp3) is 0.682. The molecule has 2 saturated heterocycles. The van der Waals surface area contributed by atoms with E-state index in [-0.39, 0.29) is 22.8 Å². The topological polar surface area (TPSA) is 223 Å². The Bertz CT molecular complexity index is 885. The van der Waals surface area contributed by atoms with Crippen LogP contribution in [-0.2, 0) is 18.9 Å². The molecular formula is C22H32O15. The molecule has 10 atom stereocenters. The molecule has 0 amide bonds. The van der Waals surface area contributed by atoms with Crippen LogP contribution in [0.2, 0.25) is 0 Å². The van der Waals surface area contributed by atoms with E-state index >= 15 is 0 Å². The summed E-state index contributed by atoms with van der Waals surface area (Å²) in [5.74, 6) is -0.768. The Morgan fingerprint density at radius 3 is 1.81 bits per heavy atom. The molecule has 0 aromatic heterocycles. The molecular weight excluding hydrogens is 504 g/mol. The highest BCUT2D eigenvalue weighted by atomic mass is 16.7. The average molecular weight is 536 g/mol. The van der Waals surface area contributed by atoms with Crippen LogP contribution >= 0.6 is 0 Å². The van der Waals surface area contributed by atoms with Gasteiger partial charge in [0.25, 0.3) is 0 Å². The van der Waals surface area contributed by atoms with Crippen LogP contribution in [0.15, 0.2) is 12.1 Å². The van der Waals surface area contributed by atoms with Crippen molar-refractivity contribution in [3.8, 4) is 17.2 Å². The van der Waals surface area contributed by atoms with Crippen LogP contribution < -0.4 is 14.2 Å². The minimum atomic E-state index is -1.77. The monoisotopic (exact) mass is 536 g/mol. The molecule has 37 heavy (non-hydrogen) atoms. The highest BCUT2D eigenvalue weighted by Crippen LogP contribution is 2.40. The van der Waals surface area contributed by atoms with Gasteiger partial charge in [0.1, 0.15) is 48.8 Å². The number of carbonyl (C=O) groups excluding carboxylic acids is 1. The van der Waals surface area contributed by atoms with Crippen LogP contribution in [0.25, 0.3) is 0 Å². The number of aliphatic hydroxyl groups is 7. The van der Waals surface area contributed by atoms with Crippen molar-refractivity contribution in [3.05, 3.63) is 17.7 Å². The average Bonchev–Trinajstić information content (AvgIpc) is 2.91. The lowest BCUT2D eigenvalue weighted by Crippen LogP contribution is -2.62. The van der Waals surface area contributed by atoms with E-state index in [1.54, 1.807) is 0 Å². The van der Waals surface area contributed by atoms with Gasteiger partial charge in [0, 0.05) is 0 Å². The number of ether oxygens (including phenoxy) is 7. The molecule has 1 aromatic rings. The number of methoxy groups -OCH3 is 3. The summed E-state index contributed by atoms with van der Waals surface area (Å²) in [7, 11) is 3.77. The van der Waals surface area contributed by atoms with Gasteiger partial charge in [-0.15, -0.1) is 0 Å². The second-order valence-corrected chi connectivity index (χ2v) is 8.36. The van der Waals surface area contributed by atoms with Gasteiger partial charge in [0.2, 0.25) is 12.0 Å². The SMILES string of the molecule is COC(=O)c1cc(OC)c(O[C@@H]2OC(CO[C@@H]3OC(CO)[C@@H](O)[C@H](O)C3O)[C@@H](O)[C@H](O)C2O)c(OC)c1. The van der Waals surface area contributed by atoms with Crippen LogP contribution in [0.3, 0.4) is 0 Å². The summed E-state index contributed by atoms with van der Waals surface area (Å²) in [4.78, 5) is 11.9. The Morgan fingerprint density at radius 2 is 1.30 bits per heavy atom. The first-order valence-electron chi connectivity index (χ1n) is 11.2. The second kappa shape index (κ2) is 12.5. The summed E-state index contributed by atoms with van der Waals surface area (Å²) < 4.78 is 37.2. The molecule has 0 bridgehead atoms. The molecule has 0 aliphatic carbocycles. The maximum Gasteiger partial charge on any atom is 0.338 e. The lowest BCUT2D eigenvalue weighted by atomic mass is 9.98. The van der Waals surface area contributed by atoms with E-state index in [0.29, 0.717) is 0 Å². The van der Waals surface area contributed by atoms with Crippen molar-refractivity contribution in [2.24, 2.45) is 0 Å². The predicted octanol–water partition coefficient (Wildman–Crippen LogP) is -3.51. The Labute approximate surface area is 211 Å². The first-order chi connectivity index (χ1) is 17.6. The lowest BCUT2D eigenvalue weighted by Gasteiger charge is -2.42. The molecule has 15 nitrogen and oxygen atoms in total. The van der Waals surface area contributed by atoms with Gasteiger partial charge in [-0.05, 0) is 12.1 Å². The fourth-order valence-corrected chi connectivity index (χ4v) is 3.89. The highest BCUT2D eigenvalue weighted by molar-refractivity contribution is 5.91. The van der Waals surface area contributed by atoms with Crippen molar-refractivity contribution in [2.75, 3.05) is 34.5 Å². The molecule has 1 aromatic carbocycles. The fourth-order valence-electron chi connectivity index (χ4n) is 3.89. The van der Waals surface area contributed by atoms with E-state index in [0.717, 1.165) is 0 Å². The van der Waals surface area contributed by atoms with Gasteiger partial charge >= 0.3 is 5.97 Å². The zero-order chi connectivity index (χ0) is 27.4. The van der Waals surface area contributed by atoms with Gasteiger partial charge in [0.05, 0.1) is 40.1 Å². The smallest absolute Gasteiger partial charge is 0.338 e. The number of benzene rings is 1. The van der Waals surface area contributed by atoms with Crippen LogP contribution in [0.4, 0.5) is 0 Å². The van der Waals surface area contributed by atoms with Crippen LogP contribution in [-0.4, -0.2) is 138 Å². The molecule has 210 valence electrons. The highest BCUT2D eigenvalue weighted by Gasteiger charge is 2.48. The van der Waals surface area contributed by atoms with E-state index in [1.165, 1.54) is 33.5 Å². The molecule has 15 heteroatoms. The van der Waals surface area contributed by atoms with E-state index in [1.807, 2.05) is 0 Å². The molecule has 2 aliphatic rings. The molecule has 7 N–H and O–H groups in total. The normalized spacial score (nSPS) is 36.1. The summed E-state index contributed by atoms with van der Waals surface area (Å²) in [6.45, 7) is -1.21. The van der Waals surface area contributed by atoms with Gasteiger partial charge in [-0.2, -0.15) is 0 Å². The molecule has 2 fully saturated rings. The number of hydrogen-bond donors (Lipinski definition) is 7. The van der Waals surface area contributed by atoms with Gasteiger partial charge < -0.3 is 68.9 Å². The summed E-state index contributed by atoms with van der Waals surface area (Å²) in [5, 5.41) is 70.5. The first kappa shape index (κ1) is 29.2. The van der Waals surface area contributed by atoms with Crippen LogP contribution in [0, 0.1) is 0 Å². The first-order valence-corrected chi connectivity index (χ1v) is 11.2. The van der Waals surface area contributed by atoms with E-state index in [9.17, 15) is 40.5 Å². The summed E-state index contributed by atoms with van der Waals surface area (Å²) in [5.41, 5.74) is 0.0786. The molecule has 2 heterocycles.